The molecular formula is C13H26N2. The number of nitrogens with one attached hydrogen (secondary N) is 1. The van der Waals surface area contributed by atoms with Crippen molar-refractivity contribution < 1.29 is 0 Å². The van der Waals surface area contributed by atoms with Crippen LogP contribution in [0, 0.1) is 17.8 Å². The maximum absolute atomic E-state index is 3.64. The van der Waals surface area contributed by atoms with Gasteiger partial charge in [-0.3, -0.25) is 0 Å². The summed E-state index contributed by atoms with van der Waals surface area (Å²) in [5, 5.41) is 3.64. The fourth-order valence-corrected chi connectivity index (χ4v) is 3.00. The van der Waals surface area contributed by atoms with E-state index in [-0.39, 0.29) is 0 Å². The Hall–Kier alpha value is -0.0800. The van der Waals surface area contributed by atoms with Gasteiger partial charge in [0.2, 0.25) is 0 Å². The summed E-state index contributed by atoms with van der Waals surface area (Å²) in [6.45, 7) is 12.2. The number of hydrogen-bond donors (Lipinski definition) is 1. The molecule has 2 saturated heterocycles. The molecule has 2 aliphatic heterocycles. The molecule has 88 valence electrons. The lowest BCUT2D eigenvalue weighted by Gasteiger charge is -2.45. The van der Waals surface area contributed by atoms with Crippen molar-refractivity contribution in [1.82, 2.24) is 10.2 Å². The molecule has 2 rings (SSSR count). The van der Waals surface area contributed by atoms with E-state index in [1.54, 1.807) is 0 Å². The van der Waals surface area contributed by atoms with E-state index in [2.05, 4.69) is 31.0 Å². The van der Waals surface area contributed by atoms with Crippen molar-refractivity contribution in [3.8, 4) is 0 Å². The third kappa shape index (κ3) is 2.94. The first-order valence-electron chi connectivity index (χ1n) is 6.61. The number of fused-ring (bicyclic) bond motifs is 2. The smallest absolute Gasteiger partial charge is 0.00794 e. The van der Waals surface area contributed by atoms with Gasteiger partial charge in [-0.25, -0.2) is 0 Å². The second kappa shape index (κ2) is 4.84. The van der Waals surface area contributed by atoms with Gasteiger partial charge >= 0.3 is 0 Å². The van der Waals surface area contributed by atoms with E-state index >= 15 is 0 Å². The topological polar surface area (TPSA) is 15.3 Å². The molecule has 2 fully saturated rings. The first kappa shape index (κ1) is 11.4. The Labute approximate surface area is 94.4 Å². The van der Waals surface area contributed by atoms with Crippen molar-refractivity contribution in [3.05, 3.63) is 0 Å². The molecule has 2 heterocycles. The number of piperidine rings is 2. The molecule has 2 aliphatic rings. The largest absolute Gasteiger partial charge is 0.314 e. The van der Waals surface area contributed by atoms with Gasteiger partial charge in [0, 0.05) is 19.1 Å². The number of rotatable bonds is 3. The second-order valence-corrected chi connectivity index (χ2v) is 6.00. The Bertz CT molecular complexity index is 203. The number of likely N-dealkylation sites (tertiary alicyclic amines) is 1. The lowest BCUT2D eigenvalue weighted by Crippen LogP contribution is -2.55. The summed E-state index contributed by atoms with van der Waals surface area (Å²) in [7, 11) is 0. The molecule has 0 aliphatic carbocycles. The summed E-state index contributed by atoms with van der Waals surface area (Å²) in [6.07, 6.45) is 2.83. The minimum Gasteiger partial charge on any atom is -0.314 e. The van der Waals surface area contributed by atoms with Crippen molar-refractivity contribution in [2.75, 3.05) is 26.2 Å². The van der Waals surface area contributed by atoms with E-state index < -0.39 is 0 Å². The predicted molar refractivity (Wildman–Crippen MR) is 65.0 cm³/mol. The van der Waals surface area contributed by atoms with Crippen LogP contribution >= 0.6 is 0 Å². The van der Waals surface area contributed by atoms with E-state index in [1.807, 2.05) is 0 Å². The van der Waals surface area contributed by atoms with Crippen LogP contribution in [-0.4, -0.2) is 37.1 Å². The van der Waals surface area contributed by atoms with Crippen LogP contribution in [0.1, 0.15) is 33.6 Å². The molecule has 0 saturated carbocycles. The number of nitrogens with zero attached hydrogens (tertiary/aromatic N) is 1. The molecule has 0 aromatic carbocycles. The molecule has 0 unspecified atom stereocenters. The van der Waals surface area contributed by atoms with Gasteiger partial charge in [0.1, 0.15) is 0 Å². The van der Waals surface area contributed by atoms with Crippen LogP contribution in [0.4, 0.5) is 0 Å². The lowest BCUT2D eigenvalue weighted by atomic mass is 9.81. The summed E-state index contributed by atoms with van der Waals surface area (Å²) < 4.78 is 0. The Morgan fingerprint density at radius 1 is 1.33 bits per heavy atom. The lowest BCUT2D eigenvalue weighted by molar-refractivity contribution is 0.0701. The van der Waals surface area contributed by atoms with Crippen molar-refractivity contribution in [2.24, 2.45) is 17.8 Å². The molecule has 1 N–H and O–H groups in total. The van der Waals surface area contributed by atoms with E-state index in [0.29, 0.717) is 0 Å². The van der Waals surface area contributed by atoms with Gasteiger partial charge in [-0.15, -0.1) is 0 Å². The highest BCUT2D eigenvalue weighted by Gasteiger charge is 2.33. The zero-order valence-corrected chi connectivity index (χ0v) is 10.5. The van der Waals surface area contributed by atoms with Crippen LogP contribution in [-0.2, 0) is 0 Å². The number of hydrogen-bond acceptors (Lipinski definition) is 2. The molecule has 0 radical (unpaired) electrons. The molecule has 0 aromatic rings. The van der Waals surface area contributed by atoms with Crippen LogP contribution in [0.15, 0.2) is 0 Å². The standard InChI is InChI=1S/C13H26N2/c1-10(2)4-5-15-8-12-6-13(9-15)11(3)14-7-12/h10-14H,4-9H2,1-3H3/t11-,12-,13-/m0/s1. The maximum atomic E-state index is 3.64. The highest BCUT2D eigenvalue weighted by molar-refractivity contribution is 4.90. The first-order chi connectivity index (χ1) is 7.15. The average molecular weight is 210 g/mol. The summed E-state index contributed by atoms with van der Waals surface area (Å²) in [4.78, 5) is 2.70. The zero-order valence-electron chi connectivity index (χ0n) is 10.5. The SMILES string of the molecule is CC(C)CCN1C[C@@H]2CN[C@@H](C)[C@@H](C2)C1. The fourth-order valence-electron chi connectivity index (χ4n) is 3.00. The second-order valence-electron chi connectivity index (χ2n) is 6.00. The van der Waals surface area contributed by atoms with Crippen LogP contribution in [0.5, 0.6) is 0 Å². The van der Waals surface area contributed by atoms with Gasteiger partial charge in [-0.1, -0.05) is 13.8 Å². The van der Waals surface area contributed by atoms with Gasteiger partial charge in [-0.05, 0) is 50.6 Å². The minimum atomic E-state index is 0.739. The van der Waals surface area contributed by atoms with E-state index in [4.69, 9.17) is 0 Å². The highest BCUT2D eigenvalue weighted by atomic mass is 15.2. The maximum Gasteiger partial charge on any atom is 0.00794 e. The van der Waals surface area contributed by atoms with Crippen LogP contribution < -0.4 is 5.32 Å². The van der Waals surface area contributed by atoms with E-state index in [0.717, 1.165) is 23.8 Å². The van der Waals surface area contributed by atoms with Gasteiger partial charge in [0.25, 0.3) is 0 Å². The van der Waals surface area contributed by atoms with Crippen molar-refractivity contribution in [3.63, 3.8) is 0 Å². The summed E-state index contributed by atoms with van der Waals surface area (Å²) >= 11 is 0. The Morgan fingerprint density at radius 3 is 2.87 bits per heavy atom. The molecule has 2 heteroatoms. The molecule has 0 amide bonds. The first-order valence-corrected chi connectivity index (χ1v) is 6.61. The van der Waals surface area contributed by atoms with Gasteiger partial charge in [0.05, 0.1) is 0 Å². The van der Waals surface area contributed by atoms with Crippen molar-refractivity contribution in [1.29, 1.82) is 0 Å². The van der Waals surface area contributed by atoms with Gasteiger partial charge in [-0.2, -0.15) is 0 Å². The molecular weight excluding hydrogens is 184 g/mol. The molecule has 2 bridgehead atoms. The minimum absolute atomic E-state index is 0.739. The normalized spacial score (nSPS) is 37.2. The molecule has 0 spiro atoms. The molecule has 15 heavy (non-hydrogen) atoms. The van der Waals surface area contributed by atoms with Gasteiger partial charge < -0.3 is 10.2 Å². The Balaban J connectivity index is 1.83. The summed E-state index contributed by atoms with van der Waals surface area (Å²) in [5.74, 6) is 2.68. The van der Waals surface area contributed by atoms with Crippen molar-refractivity contribution >= 4 is 0 Å². The molecule has 0 aromatic heterocycles. The Kier molecular flexibility index (Phi) is 3.68. The third-order valence-corrected chi connectivity index (χ3v) is 4.10. The van der Waals surface area contributed by atoms with Crippen LogP contribution in [0.25, 0.3) is 0 Å². The average Bonchev–Trinajstić information content (AvgIpc) is 2.21. The van der Waals surface area contributed by atoms with E-state index in [1.165, 1.54) is 39.0 Å². The third-order valence-electron chi connectivity index (χ3n) is 4.10. The zero-order chi connectivity index (χ0) is 10.8. The monoisotopic (exact) mass is 210 g/mol. The quantitative estimate of drug-likeness (QED) is 0.766. The van der Waals surface area contributed by atoms with Crippen LogP contribution in [0.2, 0.25) is 0 Å². The Morgan fingerprint density at radius 2 is 2.13 bits per heavy atom. The molecule has 3 atom stereocenters. The van der Waals surface area contributed by atoms with E-state index in [9.17, 15) is 0 Å². The fraction of sp³-hybridized carbons (Fsp3) is 1.00. The summed E-state index contributed by atoms with van der Waals surface area (Å²) in [5.41, 5.74) is 0. The van der Waals surface area contributed by atoms with Crippen molar-refractivity contribution in [2.45, 2.75) is 39.7 Å². The van der Waals surface area contributed by atoms with Gasteiger partial charge in [0.15, 0.2) is 0 Å². The predicted octanol–water partition coefficient (Wildman–Crippen LogP) is 1.96. The summed E-state index contributed by atoms with van der Waals surface area (Å²) in [6, 6.07) is 0.739. The molecule has 2 nitrogen and oxygen atoms in total. The highest BCUT2D eigenvalue weighted by Crippen LogP contribution is 2.28. The van der Waals surface area contributed by atoms with Crippen LogP contribution in [0.3, 0.4) is 0 Å².